The fourth-order valence-electron chi connectivity index (χ4n) is 3.16. The monoisotopic (exact) mass is 453 g/mol. The first-order valence-electron chi connectivity index (χ1n) is 10.3. The summed E-state index contributed by atoms with van der Waals surface area (Å²) in [7, 11) is 1.76. The molecule has 1 amide bonds. The number of nitrogens with zero attached hydrogens (tertiary/aromatic N) is 7. The molecule has 11 heteroatoms. The van der Waals surface area contributed by atoms with Crippen molar-refractivity contribution < 1.29 is 18.0 Å². The third-order valence-electron chi connectivity index (χ3n) is 4.93. The second-order valence-corrected chi connectivity index (χ2v) is 7.34. The number of hydrogen-bond donors (Lipinski definition) is 0. The van der Waals surface area contributed by atoms with Crippen LogP contribution < -0.4 is 4.90 Å². The molecule has 4 rings (SSSR count). The van der Waals surface area contributed by atoms with E-state index >= 15 is 0 Å². The summed E-state index contributed by atoms with van der Waals surface area (Å²) < 4.78 is 31.8. The first-order chi connectivity index (χ1) is 15.9. The van der Waals surface area contributed by atoms with E-state index in [0.717, 1.165) is 17.7 Å². The fourth-order valence-corrected chi connectivity index (χ4v) is 3.16. The summed E-state index contributed by atoms with van der Waals surface area (Å²) in [6.07, 6.45) is 1.72. The van der Waals surface area contributed by atoms with E-state index in [4.69, 9.17) is 4.42 Å². The van der Waals surface area contributed by atoms with Gasteiger partial charge in [-0.2, -0.15) is 8.78 Å². The summed E-state index contributed by atoms with van der Waals surface area (Å²) in [5.41, 5.74) is 3.41. The minimum absolute atomic E-state index is 0.0188. The number of halogens is 2. The van der Waals surface area contributed by atoms with E-state index in [1.165, 1.54) is 6.20 Å². The standard InChI is InChI=1S/C22H21F2N7O2/c1-3-5-19(32)30(2)17-7-4-6-14(10-17)18-13-31(29-26-18)12-16-9-8-15(11-25-16)21-27-28-22(33-21)20(23)24/h4,6-11,13,20H,3,5,12H2,1-2H3. The molecule has 3 heterocycles. The van der Waals surface area contributed by atoms with Crippen molar-refractivity contribution in [1.82, 2.24) is 30.2 Å². The van der Waals surface area contributed by atoms with Gasteiger partial charge in [-0.1, -0.05) is 24.3 Å². The Kier molecular flexibility index (Phi) is 6.48. The maximum atomic E-state index is 12.6. The highest BCUT2D eigenvalue weighted by Crippen LogP contribution is 2.24. The van der Waals surface area contributed by atoms with Crippen LogP contribution in [-0.2, 0) is 11.3 Å². The normalized spacial score (nSPS) is 11.2. The lowest BCUT2D eigenvalue weighted by atomic mass is 10.1. The molecule has 0 unspecified atom stereocenters. The molecule has 0 spiro atoms. The molecule has 0 saturated heterocycles. The van der Waals surface area contributed by atoms with Crippen LogP contribution in [0.4, 0.5) is 14.5 Å². The highest BCUT2D eigenvalue weighted by Gasteiger charge is 2.17. The van der Waals surface area contributed by atoms with Crippen molar-refractivity contribution in [2.75, 3.05) is 11.9 Å². The molecule has 33 heavy (non-hydrogen) atoms. The Bertz CT molecular complexity index is 1240. The van der Waals surface area contributed by atoms with Crippen LogP contribution in [0.15, 0.2) is 53.2 Å². The number of pyridine rings is 1. The maximum absolute atomic E-state index is 12.6. The SMILES string of the molecule is CCCC(=O)N(C)c1cccc(-c2cn(Cc3ccc(-c4nnc(C(F)F)o4)cn3)nn2)c1. The van der Waals surface area contributed by atoms with Crippen LogP contribution in [0.2, 0.25) is 0 Å². The highest BCUT2D eigenvalue weighted by atomic mass is 19.3. The van der Waals surface area contributed by atoms with E-state index < -0.39 is 12.3 Å². The van der Waals surface area contributed by atoms with E-state index in [0.29, 0.717) is 29.9 Å². The molecular weight excluding hydrogens is 432 g/mol. The average molecular weight is 453 g/mol. The maximum Gasteiger partial charge on any atom is 0.314 e. The third kappa shape index (κ3) is 5.08. The molecule has 0 bridgehead atoms. The van der Waals surface area contributed by atoms with Gasteiger partial charge in [-0.15, -0.1) is 15.3 Å². The molecule has 4 aromatic rings. The highest BCUT2D eigenvalue weighted by molar-refractivity contribution is 5.93. The van der Waals surface area contributed by atoms with Crippen molar-refractivity contribution in [2.45, 2.75) is 32.7 Å². The van der Waals surface area contributed by atoms with Crippen molar-refractivity contribution in [3.05, 3.63) is 60.4 Å². The minimum Gasteiger partial charge on any atom is -0.415 e. The van der Waals surface area contributed by atoms with Gasteiger partial charge in [0.2, 0.25) is 11.8 Å². The quantitative estimate of drug-likeness (QED) is 0.395. The second-order valence-electron chi connectivity index (χ2n) is 7.34. The molecule has 3 aromatic heterocycles. The molecule has 0 fully saturated rings. The number of carbonyl (C=O) groups excluding carboxylic acids is 1. The van der Waals surface area contributed by atoms with Gasteiger partial charge in [0.1, 0.15) is 5.69 Å². The summed E-state index contributed by atoms with van der Waals surface area (Å²) in [5.74, 6) is -0.692. The van der Waals surface area contributed by atoms with Crippen molar-refractivity contribution in [3.63, 3.8) is 0 Å². The van der Waals surface area contributed by atoms with Crippen LogP contribution in [0.1, 0.15) is 37.8 Å². The van der Waals surface area contributed by atoms with Gasteiger partial charge in [0, 0.05) is 30.9 Å². The molecule has 0 aliphatic rings. The average Bonchev–Trinajstić information content (AvgIpc) is 3.50. The lowest BCUT2D eigenvalue weighted by Crippen LogP contribution is -2.25. The molecule has 0 N–H and O–H groups in total. The smallest absolute Gasteiger partial charge is 0.314 e. The van der Waals surface area contributed by atoms with Gasteiger partial charge in [-0.3, -0.25) is 9.78 Å². The lowest BCUT2D eigenvalue weighted by Gasteiger charge is -2.17. The molecule has 0 radical (unpaired) electrons. The van der Waals surface area contributed by atoms with E-state index in [2.05, 4.69) is 25.5 Å². The summed E-state index contributed by atoms with van der Waals surface area (Å²) in [6.45, 7) is 2.32. The van der Waals surface area contributed by atoms with Crippen LogP contribution in [0.5, 0.6) is 0 Å². The van der Waals surface area contributed by atoms with Gasteiger partial charge in [-0.05, 0) is 30.7 Å². The minimum atomic E-state index is -2.82. The predicted molar refractivity (Wildman–Crippen MR) is 115 cm³/mol. The summed E-state index contributed by atoms with van der Waals surface area (Å²) in [5, 5.41) is 15.3. The second kappa shape index (κ2) is 9.63. The summed E-state index contributed by atoms with van der Waals surface area (Å²) in [6, 6.07) is 10.9. The largest absolute Gasteiger partial charge is 0.415 e. The molecule has 0 aliphatic carbocycles. The topological polar surface area (TPSA) is 103 Å². The van der Waals surface area contributed by atoms with Crippen LogP contribution in [0.3, 0.4) is 0 Å². The summed E-state index contributed by atoms with van der Waals surface area (Å²) >= 11 is 0. The van der Waals surface area contributed by atoms with E-state index in [9.17, 15) is 13.6 Å². The van der Waals surface area contributed by atoms with Crippen LogP contribution >= 0.6 is 0 Å². The molecular formula is C22H21F2N7O2. The van der Waals surface area contributed by atoms with Crippen LogP contribution in [-0.4, -0.2) is 43.1 Å². The number of carbonyl (C=O) groups is 1. The fraction of sp³-hybridized carbons (Fsp3) is 0.273. The molecule has 9 nitrogen and oxygen atoms in total. The van der Waals surface area contributed by atoms with Crippen molar-refractivity contribution in [1.29, 1.82) is 0 Å². The first kappa shape index (κ1) is 22.2. The molecule has 0 aliphatic heterocycles. The number of benzene rings is 1. The van der Waals surface area contributed by atoms with Gasteiger partial charge in [0.15, 0.2) is 0 Å². The van der Waals surface area contributed by atoms with E-state index in [-0.39, 0.29) is 11.8 Å². The number of aromatic nitrogens is 6. The third-order valence-corrected chi connectivity index (χ3v) is 4.93. The Labute approximate surface area is 188 Å². The lowest BCUT2D eigenvalue weighted by molar-refractivity contribution is -0.118. The van der Waals surface area contributed by atoms with Gasteiger partial charge < -0.3 is 9.32 Å². The Morgan fingerprint density at radius 1 is 1.15 bits per heavy atom. The number of alkyl halides is 2. The van der Waals surface area contributed by atoms with Crippen LogP contribution in [0.25, 0.3) is 22.7 Å². The first-order valence-corrected chi connectivity index (χ1v) is 10.3. The van der Waals surface area contributed by atoms with Crippen molar-refractivity contribution >= 4 is 11.6 Å². The van der Waals surface area contributed by atoms with Crippen LogP contribution in [0, 0.1) is 0 Å². The number of rotatable bonds is 8. The van der Waals surface area contributed by atoms with E-state index in [1.54, 1.807) is 35.0 Å². The summed E-state index contributed by atoms with van der Waals surface area (Å²) in [4.78, 5) is 18.1. The Hall–Kier alpha value is -4.02. The predicted octanol–water partition coefficient (Wildman–Crippen LogP) is 4.14. The molecule has 0 saturated carbocycles. The van der Waals surface area contributed by atoms with Crippen molar-refractivity contribution in [3.8, 4) is 22.7 Å². The molecule has 0 atom stereocenters. The molecule has 1 aromatic carbocycles. The Morgan fingerprint density at radius 3 is 2.70 bits per heavy atom. The Balaban J connectivity index is 1.46. The number of hydrogen-bond acceptors (Lipinski definition) is 7. The van der Waals surface area contributed by atoms with Crippen molar-refractivity contribution in [2.24, 2.45) is 0 Å². The van der Waals surface area contributed by atoms with Gasteiger partial charge >= 0.3 is 6.43 Å². The number of anilines is 1. The number of amides is 1. The zero-order chi connectivity index (χ0) is 23.4. The zero-order valence-electron chi connectivity index (χ0n) is 18.0. The van der Waals surface area contributed by atoms with Gasteiger partial charge in [0.05, 0.1) is 24.0 Å². The zero-order valence-corrected chi connectivity index (χ0v) is 18.0. The molecule has 170 valence electrons. The van der Waals surface area contributed by atoms with Gasteiger partial charge in [0.25, 0.3) is 5.89 Å². The Morgan fingerprint density at radius 2 is 2.00 bits per heavy atom. The van der Waals surface area contributed by atoms with Gasteiger partial charge in [-0.25, -0.2) is 4.68 Å². The van der Waals surface area contributed by atoms with E-state index in [1.807, 2.05) is 31.2 Å².